The minimum Gasteiger partial charge on any atom is -0.406 e. The number of benzene rings is 3. The highest BCUT2D eigenvalue weighted by molar-refractivity contribution is 8.14. The van der Waals surface area contributed by atoms with Crippen molar-refractivity contribution in [2.45, 2.75) is 33.4 Å². The Morgan fingerprint density at radius 1 is 1.11 bits per heavy atom. The van der Waals surface area contributed by atoms with E-state index in [1.807, 2.05) is 32.0 Å². The van der Waals surface area contributed by atoms with E-state index in [1.54, 1.807) is 31.4 Å². The third-order valence-electron chi connectivity index (χ3n) is 6.06. The SMILES string of the molecule is CCS/C(=N\C(=O)Nc1ccc(CNc2ncn(-c3ccc(OC(F)(F)F)cc3)n2)cc1)N(C=O)c1cc(C)ccc1COC. The standard InChI is InChI=1S/C30H30F3N7O4S/c1-4-45-29(39(19-41)26-15-20(2)5-8-22(26)17-43-3)37-28(42)36-23-9-6-21(7-10-23)16-34-27-35-18-40(38-27)24-11-13-25(14-12-24)44-30(31,32)33/h5-15,18-19H,4,16-17H2,1-3H3,(H,34,38)(H,36,42)/b37-29-. The van der Waals surface area contributed by atoms with Crippen LogP contribution in [-0.2, 0) is 22.7 Å². The monoisotopic (exact) mass is 641 g/mol. The van der Waals surface area contributed by atoms with Crippen LogP contribution in [0.5, 0.6) is 5.75 Å². The number of thioether (sulfide) groups is 1. The Labute approximate surface area is 261 Å². The molecule has 236 valence electrons. The number of ether oxygens (including phenoxy) is 2. The van der Waals surface area contributed by atoms with Gasteiger partial charge in [0.1, 0.15) is 12.1 Å². The van der Waals surface area contributed by atoms with E-state index in [1.165, 1.54) is 51.9 Å². The van der Waals surface area contributed by atoms with Crippen molar-refractivity contribution >= 4 is 46.7 Å². The Hall–Kier alpha value is -4.89. The van der Waals surface area contributed by atoms with E-state index >= 15 is 0 Å². The van der Waals surface area contributed by atoms with Crippen molar-refractivity contribution in [3.8, 4) is 11.4 Å². The molecule has 0 spiro atoms. The van der Waals surface area contributed by atoms with Gasteiger partial charge < -0.3 is 20.1 Å². The van der Waals surface area contributed by atoms with E-state index in [9.17, 15) is 22.8 Å². The summed E-state index contributed by atoms with van der Waals surface area (Å²) in [5.41, 5.74) is 4.17. The average molecular weight is 642 g/mol. The minimum absolute atomic E-state index is 0.228. The summed E-state index contributed by atoms with van der Waals surface area (Å²) in [6.45, 7) is 4.45. The zero-order valence-electron chi connectivity index (χ0n) is 24.5. The maximum atomic E-state index is 12.9. The number of nitrogens with one attached hydrogen (secondary N) is 2. The molecule has 0 aliphatic heterocycles. The molecule has 3 aromatic carbocycles. The van der Waals surface area contributed by atoms with Gasteiger partial charge in [-0.05, 0) is 66.3 Å². The Bertz CT molecular complexity index is 1630. The zero-order chi connectivity index (χ0) is 32.4. The van der Waals surface area contributed by atoms with Gasteiger partial charge in [0, 0.05) is 24.9 Å². The number of rotatable bonds is 11. The number of aliphatic imine (C=N–C) groups is 1. The summed E-state index contributed by atoms with van der Waals surface area (Å²) >= 11 is 1.26. The van der Waals surface area contributed by atoms with Gasteiger partial charge in [-0.15, -0.1) is 18.3 Å². The lowest BCUT2D eigenvalue weighted by molar-refractivity contribution is -0.274. The molecule has 0 fully saturated rings. The van der Waals surface area contributed by atoms with Gasteiger partial charge in [0.2, 0.25) is 12.4 Å². The van der Waals surface area contributed by atoms with Gasteiger partial charge >= 0.3 is 12.4 Å². The molecular formula is C30H30F3N7O4S. The van der Waals surface area contributed by atoms with Crippen LogP contribution in [0.1, 0.15) is 23.6 Å². The number of alkyl halides is 3. The molecular weight excluding hydrogens is 611 g/mol. The maximum absolute atomic E-state index is 12.9. The first kappa shape index (κ1) is 33.0. The van der Waals surface area contributed by atoms with E-state index in [4.69, 9.17) is 4.74 Å². The van der Waals surface area contributed by atoms with Crippen LogP contribution in [-0.4, -0.2) is 51.6 Å². The molecule has 4 rings (SSSR count). The van der Waals surface area contributed by atoms with Crippen molar-refractivity contribution in [2.75, 3.05) is 28.4 Å². The molecule has 0 radical (unpaired) electrons. The summed E-state index contributed by atoms with van der Waals surface area (Å²) < 4.78 is 47.7. The van der Waals surface area contributed by atoms with Crippen molar-refractivity contribution < 1.29 is 32.2 Å². The van der Waals surface area contributed by atoms with Crippen molar-refractivity contribution in [1.82, 2.24) is 14.8 Å². The maximum Gasteiger partial charge on any atom is 0.573 e. The second kappa shape index (κ2) is 15.2. The molecule has 11 nitrogen and oxygen atoms in total. The first-order valence-electron chi connectivity index (χ1n) is 13.5. The van der Waals surface area contributed by atoms with E-state index < -0.39 is 12.4 Å². The van der Waals surface area contributed by atoms with Crippen LogP contribution in [0.3, 0.4) is 0 Å². The molecule has 2 N–H and O–H groups in total. The van der Waals surface area contributed by atoms with Gasteiger partial charge in [-0.25, -0.2) is 14.5 Å². The number of carbonyl (C=O) groups is 2. The van der Waals surface area contributed by atoms with Crippen molar-refractivity contribution in [1.29, 1.82) is 0 Å². The Morgan fingerprint density at radius 2 is 1.84 bits per heavy atom. The van der Waals surface area contributed by atoms with Gasteiger partial charge in [-0.3, -0.25) is 9.69 Å². The first-order chi connectivity index (χ1) is 21.6. The van der Waals surface area contributed by atoms with Crippen molar-refractivity contribution in [2.24, 2.45) is 4.99 Å². The molecule has 0 bridgehead atoms. The highest BCUT2D eigenvalue weighted by Crippen LogP contribution is 2.26. The molecule has 3 amide bonds. The number of urea groups is 1. The summed E-state index contributed by atoms with van der Waals surface area (Å²) in [7, 11) is 1.57. The number of aryl methyl sites for hydroxylation is 1. The number of amides is 3. The molecule has 0 aliphatic carbocycles. The molecule has 0 atom stereocenters. The fourth-order valence-electron chi connectivity index (χ4n) is 4.06. The number of nitrogens with zero attached hydrogens (tertiary/aromatic N) is 5. The molecule has 0 saturated carbocycles. The summed E-state index contributed by atoms with van der Waals surface area (Å²) in [5.74, 6) is 0.554. The van der Waals surface area contributed by atoms with Gasteiger partial charge in [0.25, 0.3) is 0 Å². The summed E-state index contributed by atoms with van der Waals surface area (Å²) in [6.07, 6.45) is -2.71. The topological polar surface area (TPSA) is 123 Å². The molecule has 0 aliphatic rings. The van der Waals surface area contributed by atoms with Crippen LogP contribution in [0.4, 0.5) is 35.3 Å². The van der Waals surface area contributed by atoms with Gasteiger partial charge in [-0.1, -0.05) is 43.0 Å². The normalized spacial score (nSPS) is 11.6. The van der Waals surface area contributed by atoms with E-state index in [-0.39, 0.29) is 17.5 Å². The lowest BCUT2D eigenvalue weighted by Gasteiger charge is -2.22. The summed E-state index contributed by atoms with van der Waals surface area (Å²) in [4.78, 5) is 34.7. The zero-order valence-corrected chi connectivity index (χ0v) is 25.4. The highest BCUT2D eigenvalue weighted by atomic mass is 32.2. The predicted molar refractivity (Wildman–Crippen MR) is 167 cm³/mol. The number of aromatic nitrogens is 3. The van der Waals surface area contributed by atoms with Crippen LogP contribution >= 0.6 is 11.8 Å². The van der Waals surface area contributed by atoms with Crippen LogP contribution in [0.15, 0.2) is 78.0 Å². The molecule has 45 heavy (non-hydrogen) atoms. The first-order valence-corrected chi connectivity index (χ1v) is 14.5. The fourth-order valence-corrected chi connectivity index (χ4v) is 4.75. The summed E-state index contributed by atoms with van der Waals surface area (Å²) in [5, 5.41) is 10.3. The number of methoxy groups -OCH3 is 1. The van der Waals surface area contributed by atoms with Gasteiger partial charge in [-0.2, -0.15) is 4.99 Å². The van der Waals surface area contributed by atoms with Crippen LogP contribution in [0.2, 0.25) is 0 Å². The van der Waals surface area contributed by atoms with Gasteiger partial charge in [0.15, 0.2) is 5.17 Å². The van der Waals surface area contributed by atoms with Crippen molar-refractivity contribution in [3.05, 3.63) is 89.7 Å². The third kappa shape index (κ3) is 9.55. The number of hydrogen-bond donors (Lipinski definition) is 2. The van der Waals surface area contributed by atoms with Gasteiger partial charge in [0.05, 0.1) is 18.0 Å². The Balaban J connectivity index is 1.37. The molecule has 4 aromatic rings. The van der Waals surface area contributed by atoms with Crippen LogP contribution < -0.4 is 20.3 Å². The quantitative estimate of drug-likeness (QED) is 0.108. The van der Waals surface area contributed by atoms with E-state index in [0.717, 1.165) is 16.7 Å². The van der Waals surface area contributed by atoms with E-state index in [0.29, 0.717) is 41.7 Å². The Morgan fingerprint density at radius 3 is 2.49 bits per heavy atom. The smallest absolute Gasteiger partial charge is 0.406 e. The average Bonchev–Trinajstić information content (AvgIpc) is 3.47. The fraction of sp³-hybridized carbons (Fsp3) is 0.233. The van der Waals surface area contributed by atoms with Crippen molar-refractivity contribution in [3.63, 3.8) is 0 Å². The molecule has 15 heteroatoms. The molecule has 1 aromatic heterocycles. The highest BCUT2D eigenvalue weighted by Gasteiger charge is 2.31. The molecule has 0 saturated heterocycles. The van der Waals surface area contributed by atoms with Crippen LogP contribution in [0, 0.1) is 6.92 Å². The number of anilines is 3. The Kier molecular flexibility index (Phi) is 11.2. The number of halogens is 3. The third-order valence-corrected chi connectivity index (χ3v) is 6.90. The number of hydrogen-bond acceptors (Lipinski definition) is 8. The lowest BCUT2D eigenvalue weighted by Crippen LogP contribution is -2.30. The largest absolute Gasteiger partial charge is 0.573 e. The predicted octanol–water partition coefficient (Wildman–Crippen LogP) is 6.54. The molecule has 1 heterocycles. The molecule has 0 unspecified atom stereocenters. The minimum atomic E-state index is -4.77. The number of amidine groups is 1. The van der Waals surface area contributed by atoms with Crippen LogP contribution in [0.25, 0.3) is 5.69 Å². The number of carbonyl (C=O) groups excluding carboxylic acids is 2. The summed E-state index contributed by atoms with van der Waals surface area (Å²) in [6, 6.07) is 17.2. The second-order valence-electron chi connectivity index (χ2n) is 9.40. The van der Waals surface area contributed by atoms with E-state index in [2.05, 4.69) is 30.4 Å². The lowest BCUT2D eigenvalue weighted by atomic mass is 10.1. The second-order valence-corrected chi connectivity index (χ2v) is 10.6.